The van der Waals surface area contributed by atoms with E-state index in [0.29, 0.717) is 12.4 Å². The number of aliphatic carboxylic acids is 1. The molecule has 33 heavy (non-hydrogen) atoms. The van der Waals surface area contributed by atoms with Crippen molar-refractivity contribution in [2.24, 2.45) is 0 Å². The number of para-hydroxylation sites is 1. The Morgan fingerprint density at radius 2 is 1.79 bits per heavy atom. The summed E-state index contributed by atoms with van der Waals surface area (Å²) in [5.74, 6) is 0.431. The number of carboxylic acid groups (broad SMARTS) is 1. The fourth-order valence-electron chi connectivity index (χ4n) is 4.14. The molecule has 0 aliphatic heterocycles. The fourth-order valence-corrected chi connectivity index (χ4v) is 4.14. The van der Waals surface area contributed by atoms with Gasteiger partial charge in [-0.05, 0) is 62.7 Å². The van der Waals surface area contributed by atoms with Gasteiger partial charge in [0.15, 0.2) is 5.60 Å². The number of hydrogen-bond donors (Lipinski definition) is 2. The third-order valence-corrected chi connectivity index (χ3v) is 5.94. The molecule has 0 fully saturated rings. The number of benzene rings is 3. The largest absolute Gasteiger partial charge is 0.494 e. The number of H-pyrrole nitrogens is 1. The summed E-state index contributed by atoms with van der Waals surface area (Å²) in [7, 11) is 0. The molecule has 0 aliphatic rings. The van der Waals surface area contributed by atoms with Crippen molar-refractivity contribution in [1.29, 1.82) is 0 Å². The third kappa shape index (κ3) is 4.00. The van der Waals surface area contributed by atoms with Crippen molar-refractivity contribution in [3.8, 4) is 11.5 Å². The number of fused-ring (bicyclic) bond motifs is 4. The Balaban J connectivity index is 1.26. The summed E-state index contributed by atoms with van der Waals surface area (Å²) >= 11 is 0. The first kappa shape index (κ1) is 20.9. The van der Waals surface area contributed by atoms with Crippen LogP contribution in [0.1, 0.15) is 20.3 Å². The van der Waals surface area contributed by atoms with Crippen molar-refractivity contribution in [2.45, 2.75) is 32.4 Å². The van der Waals surface area contributed by atoms with E-state index < -0.39 is 11.6 Å². The lowest BCUT2D eigenvalue weighted by Crippen LogP contribution is -2.37. The second-order valence-electron chi connectivity index (χ2n) is 8.70. The number of nitrogens with zero attached hydrogens (tertiary/aromatic N) is 1. The van der Waals surface area contributed by atoms with Crippen LogP contribution in [0.4, 0.5) is 0 Å². The summed E-state index contributed by atoms with van der Waals surface area (Å²) in [4.78, 5) is 14.9. The molecule has 0 saturated carbocycles. The van der Waals surface area contributed by atoms with Gasteiger partial charge in [-0.2, -0.15) is 0 Å². The van der Waals surface area contributed by atoms with E-state index in [1.165, 1.54) is 5.39 Å². The number of nitrogens with one attached hydrogen (secondary N) is 1. The SMILES string of the molecule is CC(C)(Oc1cccc2c1ccn2CCCOc1ccc2[nH]c3ccccc3c2c1)C(=O)O. The lowest BCUT2D eigenvalue weighted by atomic mass is 10.1. The Hall–Kier alpha value is -3.93. The van der Waals surface area contributed by atoms with Gasteiger partial charge in [0, 0.05) is 39.9 Å². The number of aromatic nitrogens is 2. The molecule has 6 nitrogen and oxygen atoms in total. The number of aromatic amines is 1. The topological polar surface area (TPSA) is 76.5 Å². The van der Waals surface area contributed by atoms with Crippen LogP contribution >= 0.6 is 0 Å². The van der Waals surface area contributed by atoms with Crippen LogP contribution in [-0.2, 0) is 11.3 Å². The molecule has 0 aliphatic carbocycles. The Labute approximate surface area is 191 Å². The van der Waals surface area contributed by atoms with Crippen LogP contribution < -0.4 is 9.47 Å². The molecule has 0 saturated heterocycles. The van der Waals surface area contributed by atoms with Gasteiger partial charge in [-0.25, -0.2) is 4.79 Å². The average Bonchev–Trinajstić information content (AvgIpc) is 3.38. The highest BCUT2D eigenvalue weighted by Crippen LogP contribution is 2.30. The highest BCUT2D eigenvalue weighted by Gasteiger charge is 2.30. The van der Waals surface area contributed by atoms with Gasteiger partial charge >= 0.3 is 5.97 Å². The zero-order valence-corrected chi connectivity index (χ0v) is 18.7. The predicted octanol–water partition coefficient (Wildman–Crippen LogP) is 5.99. The molecule has 5 rings (SSSR count). The molecule has 6 heteroatoms. The first-order chi connectivity index (χ1) is 15.9. The Morgan fingerprint density at radius 1 is 0.970 bits per heavy atom. The van der Waals surface area contributed by atoms with Crippen LogP contribution in [0.15, 0.2) is 72.9 Å². The van der Waals surface area contributed by atoms with Gasteiger partial charge in [-0.3, -0.25) is 0 Å². The number of rotatable bonds is 8. The average molecular weight is 443 g/mol. The fraction of sp³-hybridized carbons (Fsp3) is 0.222. The van der Waals surface area contributed by atoms with Crippen LogP contribution in [0.5, 0.6) is 11.5 Å². The molecule has 2 heterocycles. The van der Waals surface area contributed by atoms with Crippen molar-refractivity contribution in [1.82, 2.24) is 9.55 Å². The first-order valence-corrected chi connectivity index (χ1v) is 11.1. The number of carboxylic acids is 1. The molecule has 168 valence electrons. The minimum atomic E-state index is -1.30. The van der Waals surface area contributed by atoms with Gasteiger partial charge in [0.05, 0.1) is 12.1 Å². The monoisotopic (exact) mass is 442 g/mol. The van der Waals surface area contributed by atoms with Gasteiger partial charge in [0.1, 0.15) is 11.5 Å². The molecular formula is C27H26N2O4. The van der Waals surface area contributed by atoms with Crippen LogP contribution in [0, 0.1) is 0 Å². The first-order valence-electron chi connectivity index (χ1n) is 11.1. The van der Waals surface area contributed by atoms with Crippen LogP contribution in [0.25, 0.3) is 32.7 Å². The van der Waals surface area contributed by atoms with E-state index in [4.69, 9.17) is 9.47 Å². The summed E-state index contributed by atoms with van der Waals surface area (Å²) in [6, 6.07) is 22.1. The van der Waals surface area contributed by atoms with E-state index in [1.54, 1.807) is 19.9 Å². The van der Waals surface area contributed by atoms with Gasteiger partial charge in [-0.15, -0.1) is 0 Å². The quantitative estimate of drug-likeness (QED) is 0.290. The van der Waals surface area contributed by atoms with E-state index in [0.717, 1.165) is 46.0 Å². The van der Waals surface area contributed by atoms with Gasteiger partial charge < -0.3 is 24.1 Å². The molecule has 5 aromatic rings. The summed E-state index contributed by atoms with van der Waals surface area (Å²) in [5.41, 5.74) is 1.94. The predicted molar refractivity (Wildman–Crippen MR) is 130 cm³/mol. The molecule has 0 amide bonds. The molecule has 0 atom stereocenters. The summed E-state index contributed by atoms with van der Waals surface area (Å²) < 4.78 is 14.0. The molecule has 0 unspecified atom stereocenters. The van der Waals surface area contributed by atoms with E-state index in [-0.39, 0.29) is 0 Å². The number of hydrogen-bond acceptors (Lipinski definition) is 3. The zero-order valence-electron chi connectivity index (χ0n) is 18.7. The highest BCUT2D eigenvalue weighted by molar-refractivity contribution is 6.07. The van der Waals surface area contributed by atoms with Crippen LogP contribution in [-0.4, -0.2) is 32.8 Å². The molecule has 3 aromatic carbocycles. The van der Waals surface area contributed by atoms with Crippen molar-refractivity contribution >= 4 is 38.7 Å². The van der Waals surface area contributed by atoms with Gasteiger partial charge in [-0.1, -0.05) is 24.3 Å². The van der Waals surface area contributed by atoms with Crippen molar-refractivity contribution < 1.29 is 19.4 Å². The Morgan fingerprint density at radius 3 is 2.64 bits per heavy atom. The number of aryl methyl sites for hydroxylation is 1. The summed E-state index contributed by atoms with van der Waals surface area (Å²) in [6.45, 7) is 4.48. The highest BCUT2D eigenvalue weighted by atomic mass is 16.5. The van der Waals surface area contributed by atoms with Crippen molar-refractivity contribution in [2.75, 3.05) is 6.61 Å². The molecule has 2 N–H and O–H groups in total. The second-order valence-corrected chi connectivity index (χ2v) is 8.70. The second kappa shape index (κ2) is 8.20. The maximum absolute atomic E-state index is 11.4. The molecular weight excluding hydrogens is 416 g/mol. The van der Waals surface area contributed by atoms with E-state index in [2.05, 4.69) is 33.8 Å². The minimum absolute atomic E-state index is 0.571. The molecule has 0 bridgehead atoms. The molecule has 0 spiro atoms. The standard InChI is InChI=1S/C27H26N2O4/c1-27(2,26(30)31)33-25-10-5-9-24-20(25)13-15-29(24)14-6-16-32-18-11-12-23-21(17-18)19-7-3-4-8-22(19)28-23/h3-5,7-13,15,17,28H,6,14,16H2,1-2H3,(H,30,31). The van der Waals surface area contributed by atoms with E-state index in [9.17, 15) is 9.90 Å². The smallest absolute Gasteiger partial charge is 0.347 e. The van der Waals surface area contributed by atoms with Crippen LogP contribution in [0.2, 0.25) is 0 Å². The third-order valence-electron chi connectivity index (χ3n) is 5.94. The normalized spacial score (nSPS) is 11.9. The molecule has 0 radical (unpaired) electrons. The van der Waals surface area contributed by atoms with Crippen molar-refractivity contribution in [3.05, 3.63) is 72.9 Å². The van der Waals surface area contributed by atoms with E-state index >= 15 is 0 Å². The van der Waals surface area contributed by atoms with Gasteiger partial charge in [0.2, 0.25) is 0 Å². The number of ether oxygens (including phenoxy) is 2. The number of carbonyl (C=O) groups is 1. The van der Waals surface area contributed by atoms with Gasteiger partial charge in [0.25, 0.3) is 0 Å². The van der Waals surface area contributed by atoms with Crippen molar-refractivity contribution in [3.63, 3.8) is 0 Å². The summed E-state index contributed by atoms with van der Waals surface area (Å²) in [5, 5.41) is 12.6. The summed E-state index contributed by atoms with van der Waals surface area (Å²) in [6.07, 6.45) is 2.84. The maximum atomic E-state index is 11.4. The Kier molecular flexibility index (Phi) is 5.21. The van der Waals surface area contributed by atoms with E-state index in [1.807, 2.05) is 42.6 Å². The minimum Gasteiger partial charge on any atom is -0.494 e. The maximum Gasteiger partial charge on any atom is 0.347 e. The zero-order chi connectivity index (χ0) is 23.0. The Bertz CT molecular complexity index is 1460. The van der Waals surface area contributed by atoms with Crippen LogP contribution in [0.3, 0.4) is 0 Å². The molecule has 2 aromatic heterocycles. The lowest BCUT2D eigenvalue weighted by molar-refractivity contribution is -0.152. The lowest BCUT2D eigenvalue weighted by Gasteiger charge is -2.22.